The first-order valence-electron chi connectivity index (χ1n) is 9.79. The van der Waals surface area contributed by atoms with Crippen LogP contribution in [0, 0.1) is 0 Å². The van der Waals surface area contributed by atoms with Gasteiger partial charge in [0.25, 0.3) is 11.8 Å². The summed E-state index contributed by atoms with van der Waals surface area (Å²) in [5.74, 6) is -0.501. The van der Waals surface area contributed by atoms with E-state index in [1.165, 1.54) is 10.7 Å². The van der Waals surface area contributed by atoms with Crippen LogP contribution in [0.15, 0.2) is 91.1 Å². The van der Waals surface area contributed by atoms with Crippen molar-refractivity contribution < 1.29 is 14.3 Å². The molecule has 8 heteroatoms. The molecular weight excluding hydrogens is 428 g/mol. The summed E-state index contributed by atoms with van der Waals surface area (Å²) in [6.45, 7) is -0.266. The summed E-state index contributed by atoms with van der Waals surface area (Å²) < 4.78 is 7.16. The number of ether oxygens (including phenoxy) is 1. The summed E-state index contributed by atoms with van der Waals surface area (Å²) in [5, 5.41) is 4.70. The van der Waals surface area contributed by atoms with Gasteiger partial charge in [0.2, 0.25) is 0 Å². The molecule has 0 atom stereocenters. The number of carbonyl (C=O) groups excluding carboxylic acids is 2. The molecule has 0 saturated carbocycles. The lowest BCUT2D eigenvalue weighted by Gasteiger charge is -2.12. The van der Waals surface area contributed by atoms with Crippen LogP contribution in [-0.4, -0.2) is 28.2 Å². The van der Waals surface area contributed by atoms with Crippen molar-refractivity contribution in [2.45, 2.75) is 0 Å². The highest BCUT2D eigenvalue weighted by Gasteiger charge is 2.13. The molecule has 0 fully saturated rings. The Morgan fingerprint density at radius 3 is 2.41 bits per heavy atom. The maximum Gasteiger partial charge on any atom is 0.290 e. The number of hydrazine groups is 1. The quantitative estimate of drug-likeness (QED) is 0.438. The molecule has 160 valence electrons. The summed E-state index contributed by atoms with van der Waals surface area (Å²) in [4.78, 5) is 24.5. The van der Waals surface area contributed by atoms with Gasteiger partial charge in [-0.05, 0) is 29.8 Å². The van der Waals surface area contributed by atoms with Gasteiger partial charge in [-0.25, -0.2) is 4.68 Å². The SMILES string of the molecule is O=C(COc1ccccc1-c1ccccc1)NNC(=O)c1ccn(-c2ccccc2Cl)n1. The fourth-order valence-corrected chi connectivity index (χ4v) is 3.26. The number of nitrogens with one attached hydrogen (secondary N) is 2. The minimum absolute atomic E-state index is 0.126. The average molecular weight is 447 g/mol. The predicted molar refractivity (Wildman–Crippen MR) is 122 cm³/mol. The van der Waals surface area contributed by atoms with E-state index >= 15 is 0 Å². The third-order valence-electron chi connectivity index (χ3n) is 4.57. The van der Waals surface area contributed by atoms with Crippen LogP contribution in [-0.2, 0) is 4.79 Å². The van der Waals surface area contributed by atoms with E-state index < -0.39 is 11.8 Å². The fourth-order valence-electron chi connectivity index (χ4n) is 3.04. The van der Waals surface area contributed by atoms with E-state index in [1.807, 2.05) is 54.6 Å². The van der Waals surface area contributed by atoms with Crippen molar-refractivity contribution in [2.75, 3.05) is 6.61 Å². The standard InChI is InChI=1S/C24H19ClN4O3/c25-19-11-5-6-12-21(19)29-15-14-20(28-29)24(31)27-26-23(30)16-32-22-13-7-4-10-18(22)17-8-2-1-3-9-17/h1-15H,16H2,(H,26,30)(H,27,31). The molecule has 0 aliphatic carbocycles. The number of para-hydroxylation sites is 2. The van der Waals surface area contributed by atoms with Crippen molar-refractivity contribution in [3.05, 3.63) is 102 Å². The fraction of sp³-hybridized carbons (Fsp3) is 0.0417. The Hall–Kier alpha value is -4.10. The molecule has 32 heavy (non-hydrogen) atoms. The summed E-state index contributed by atoms with van der Waals surface area (Å²) in [6.07, 6.45) is 1.61. The molecule has 4 rings (SSSR count). The van der Waals surface area contributed by atoms with Crippen LogP contribution < -0.4 is 15.6 Å². The molecule has 3 aromatic carbocycles. The molecule has 1 aromatic heterocycles. The number of aromatic nitrogens is 2. The third kappa shape index (κ3) is 4.96. The maximum atomic E-state index is 12.3. The number of benzene rings is 3. The average Bonchev–Trinajstić information content (AvgIpc) is 3.32. The first-order valence-corrected chi connectivity index (χ1v) is 10.2. The smallest absolute Gasteiger partial charge is 0.290 e. The molecule has 4 aromatic rings. The van der Waals surface area contributed by atoms with Crippen LogP contribution in [0.25, 0.3) is 16.8 Å². The highest BCUT2D eigenvalue weighted by atomic mass is 35.5. The van der Waals surface area contributed by atoms with E-state index in [1.54, 1.807) is 30.5 Å². The molecule has 1 heterocycles. The maximum absolute atomic E-state index is 12.3. The Balaban J connectivity index is 1.33. The molecule has 0 saturated heterocycles. The van der Waals surface area contributed by atoms with E-state index in [0.29, 0.717) is 16.5 Å². The minimum Gasteiger partial charge on any atom is -0.483 e. The van der Waals surface area contributed by atoms with Crippen LogP contribution in [0.2, 0.25) is 5.02 Å². The molecule has 0 spiro atoms. The number of amides is 2. The second kappa shape index (κ2) is 9.80. The second-order valence-corrected chi connectivity index (χ2v) is 7.16. The Kier molecular flexibility index (Phi) is 6.48. The first-order chi connectivity index (χ1) is 15.6. The Labute approximate surface area is 189 Å². The lowest BCUT2D eigenvalue weighted by atomic mass is 10.1. The largest absolute Gasteiger partial charge is 0.483 e. The van der Waals surface area contributed by atoms with Crippen LogP contribution in [0.3, 0.4) is 0 Å². The van der Waals surface area contributed by atoms with Crippen LogP contribution in [0.1, 0.15) is 10.5 Å². The van der Waals surface area contributed by atoms with Gasteiger partial charge in [-0.15, -0.1) is 0 Å². The summed E-state index contributed by atoms with van der Waals surface area (Å²) >= 11 is 6.15. The molecule has 7 nitrogen and oxygen atoms in total. The van der Waals surface area contributed by atoms with Crippen molar-refractivity contribution in [3.8, 4) is 22.6 Å². The monoisotopic (exact) mass is 446 g/mol. The van der Waals surface area contributed by atoms with Crippen LogP contribution >= 0.6 is 11.6 Å². The van der Waals surface area contributed by atoms with Crippen LogP contribution in [0.4, 0.5) is 0 Å². The first kappa shape index (κ1) is 21.1. The minimum atomic E-state index is -0.561. The molecule has 2 amide bonds. The third-order valence-corrected chi connectivity index (χ3v) is 4.89. The van der Waals surface area contributed by atoms with Gasteiger partial charge in [-0.1, -0.05) is 72.3 Å². The summed E-state index contributed by atoms with van der Waals surface area (Å²) in [7, 11) is 0. The number of hydrogen-bond donors (Lipinski definition) is 2. The Morgan fingerprint density at radius 2 is 1.59 bits per heavy atom. The molecule has 0 aliphatic rings. The molecule has 0 aliphatic heterocycles. The van der Waals surface area contributed by atoms with E-state index in [2.05, 4.69) is 16.0 Å². The second-order valence-electron chi connectivity index (χ2n) is 6.75. The van der Waals surface area contributed by atoms with Crippen molar-refractivity contribution in [2.24, 2.45) is 0 Å². The number of nitrogens with zero attached hydrogens (tertiary/aromatic N) is 2. The van der Waals surface area contributed by atoms with Gasteiger partial charge in [0.15, 0.2) is 12.3 Å². The molecule has 0 bridgehead atoms. The molecule has 0 unspecified atom stereocenters. The van der Waals surface area contributed by atoms with Gasteiger partial charge in [0.05, 0.1) is 10.7 Å². The van der Waals surface area contributed by atoms with Crippen molar-refractivity contribution >= 4 is 23.4 Å². The molecule has 2 N–H and O–H groups in total. The number of carbonyl (C=O) groups is 2. The Bertz CT molecular complexity index is 1240. The van der Waals surface area contributed by atoms with Gasteiger partial charge in [-0.3, -0.25) is 20.4 Å². The van der Waals surface area contributed by atoms with Crippen molar-refractivity contribution in [1.82, 2.24) is 20.6 Å². The van der Waals surface area contributed by atoms with Crippen molar-refractivity contribution in [3.63, 3.8) is 0 Å². The van der Waals surface area contributed by atoms with E-state index in [4.69, 9.17) is 16.3 Å². The van der Waals surface area contributed by atoms with E-state index in [9.17, 15) is 9.59 Å². The van der Waals surface area contributed by atoms with Gasteiger partial charge < -0.3 is 4.74 Å². The zero-order valence-corrected chi connectivity index (χ0v) is 17.6. The molecule has 0 radical (unpaired) electrons. The summed E-state index contributed by atoms with van der Waals surface area (Å²) in [5.41, 5.74) is 7.28. The topological polar surface area (TPSA) is 85.3 Å². The number of halogens is 1. The van der Waals surface area contributed by atoms with Gasteiger partial charge in [0, 0.05) is 11.8 Å². The normalized spacial score (nSPS) is 10.4. The zero-order chi connectivity index (χ0) is 22.3. The van der Waals surface area contributed by atoms with Gasteiger partial charge >= 0.3 is 0 Å². The van der Waals surface area contributed by atoms with Gasteiger partial charge in [0.1, 0.15) is 5.75 Å². The summed E-state index contributed by atoms with van der Waals surface area (Å²) in [6, 6.07) is 25.8. The van der Waals surface area contributed by atoms with E-state index in [-0.39, 0.29) is 12.3 Å². The van der Waals surface area contributed by atoms with Gasteiger partial charge in [-0.2, -0.15) is 5.10 Å². The highest BCUT2D eigenvalue weighted by Crippen LogP contribution is 2.29. The Morgan fingerprint density at radius 1 is 0.875 bits per heavy atom. The zero-order valence-electron chi connectivity index (χ0n) is 16.9. The van der Waals surface area contributed by atoms with Crippen LogP contribution in [0.5, 0.6) is 5.75 Å². The highest BCUT2D eigenvalue weighted by molar-refractivity contribution is 6.32. The lowest BCUT2D eigenvalue weighted by Crippen LogP contribution is -2.44. The van der Waals surface area contributed by atoms with Crippen molar-refractivity contribution in [1.29, 1.82) is 0 Å². The number of rotatable bonds is 6. The predicted octanol–water partition coefficient (Wildman–Crippen LogP) is 4.03. The number of hydrogen-bond acceptors (Lipinski definition) is 4. The lowest BCUT2D eigenvalue weighted by molar-refractivity contribution is -0.123. The molecular formula is C24H19ClN4O3. The van der Waals surface area contributed by atoms with E-state index in [0.717, 1.165) is 11.1 Å².